The Balaban J connectivity index is 2.62. The van der Waals surface area contributed by atoms with Gasteiger partial charge in [-0.2, -0.15) is 0 Å². The molecule has 0 saturated heterocycles. The van der Waals surface area contributed by atoms with Gasteiger partial charge in [0.2, 0.25) is 0 Å². The van der Waals surface area contributed by atoms with Gasteiger partial charge in [-0.3, -0.25) is 4.98 Å². The molecule has 3 heteroatoms. The van der Waals surface area contributed by atoms with Crippen LogP contribution in [-0.2, 0) is 0 Å². The Kier molecular flexibility index (Phi) is 3.05. The minimum Gasteiger partial charge on any atom is -0.496 e. The Hall–Kier alpha value is -2.03. The van der Waals surface area contributed by atoms with E-state index in [0.29, 0.717) is 0 Å². The van der Waals surface area contributed by atoms with Gasteiger partial charge < -0.3 is 9.47 Å². The van der Waals surface area contributed by atoms with Crippen molar-refractivity contribution in [1.82, 2.24) is 4.98 Å². The van der Waals surface area contributed by atoms with Crippen LogP contribution in [0.15, 0.2) is 42.6 Å². The smallest absolute Gasteiger partial charge is 0.132 e. The number of hydrogen-bond acceptors (Lipinski definition) is 3. The summed E-state index contributed by atoms with van der Waals surface area (Å²) < 4.78 is 10.6. The van der Waals surface area contributed by atoms with Crippen LogP contribution >= 0.6 is 0 Å². The lowest BCUT2D eigenvalue weighted by Crippen LogP contribution is -1.93. The third kappa shape index (κ3) is 1.84. The van der Waals surface area contributed by atoms with Gasteiger partial charge in [0.25, 0.3) is 0 Å². The zero-order valence-corrected chi connectivity index (χ0v) is 9.31. The quantitative estimate of drug-likeness (QED) is 0.788. The predicted octanol–water partition coefficient (Wildman–Crippen LogP) is 2.77. The van der Waals surface area contributed by atoms with Crippen molar-refractivity contribution in [2.45, 2.75) is 0 Å². The average molecular weight is 215 g/mol. The van der Waals surface area contributed by atoms with Gasteiger partial charge in [-0.25, -0.2) is 0 Å². The minimum atomic E-state index is 0.762. The molecule has 0 atom stereocenters. The molecule has 0 bridgehead atoms. The number of methoxy groups -OCH3 is 2. The first-order valence-electron chi connectivity index (χ1n) is 4.99. The zero-order chi connectivity index (χ0) is 11.4. The molecule has 0 amide bonds. The summed E-state index contributed by atoms with van der Waals surface area (Å²) in [6.07, 6.45) is 1.75. The lowest BCUT2D eigenvalue weighted by Gasteiger charge is -2.11. The highest BCUT2D eigenvalue weighted by molar-refractivity contribution is 5.74. The highest BCUT2D eigenvalue weighted by atomic mass is 16.5. The molecular formula is C13H13NO2. The van der Waals surface area contributed by atoms with E-state index in [1.165, 1.54) is 0 Å². The fourth-order valence-corrected chi connectivity index (χ4v) is 1.61. The molecule has 0 N–H and O–H groups in total. The molecule has 0 unspecified atom stereocenters. The molecule has 1 heterocycles. The monoisotopic (exact) mass is 215 g/mol. The van der Waals surface area contributed by atoms with E-state index in [-0.39, 0.29) is 0 Å². The molecule has 16 heavy (non-hydrogen) atoms. The first-order chi connectivity index (χ1) is 7.86. The maximum atomic E-state index is 5.32. The summed E-state index contributed by atoms with van der Waals surface area (Å²) in [5, 5.41) is 0. The first kappa shape index (κ1) is 10.5. The van der Waals surface area contributed by atoms with E-state index in [1.807, 2.05) is 36.4 Å². The first-order valence-corrected chi connectivity index (χ1v) is 4.99. The van der Waals surface area contributed by atoms with Crippen molar-refractivity contribution in [1.29, 1.82) is 0 Å². The molecule has 3 nitrogen and oxygen atoms in total. The van der Waals surface area contributed by atoms with E-state index in [4.69, 9.17) is 9.47 Å². The lowest BCUT2D eigenvalue weighted by molar-refractivity contribution is 0.397. The highest BCUT2D eigenvalue weighted by Crippen LogP contribution is 2.36. The lowest BCUT2D eigenvalue weighted by atomic mass is 10.1. The fourth-order valence-electron chi connectivity index (χ4n) is 1.61. The van der Waals surface area contributed by atoms with Crippen LogP contribution in [0.2, 0.25) is 0 Å². The topological polar surface area (TPSA) is 31.4 Å². The Labute approximate surface area is 94.7 Å². The number of pyridine rings is 1. The molecule has 82 valence electrons. The summed E-state index contributed by atoms with van der Waals surface area (Å²) >= 11 is 0. The Morgan fingerprint density at radius 3 is 2.06 bits per heavy atom. The van der Waals surface area contributed by atoms with E-state index in [9.17, 15) is 0 Å². The van der Waals surface area contributed by atoms with Gasteiger partial charge in [-0.15, -0.1) is 0 Å². The van der Waals surface area contributed by atoms with Crippen molar-refractivity contribution in [3.8, 4) is 22.8 Å². The van der Waals surface area contributed by atoms with Crippen molar-refractivity contribution < 1.29 is 9.47 Å². The Bertz CT molecular complexity index is 446. The summed E-state index contributed by atoms with van der Waals surface area (Å²) in [5.74, 6) is 1.52. The zero-order valence-electron chi connectivity index (χ0n) is 9.31. The molecule has 2 rings (SSSR count). The minimum absolute atomic E-state index is 0.762. The van der Waals surface area contributed by atoms with E-state index in [2.05, 4.69) is 4.98 Å². The molecule has 0 radical (unpaired) electrons. The third-order valence-corrected chi connectivity index (χ3v) is 2.35. The standard InChI is InChI=1S/C13H13NO2/c1-15-11-7-5-8-12(16-2)13(11)10-6-3-4-9-14-10/h3-9H,1-2H3. The fraction of sp³-hybridized carbons (Fsp3) is 0.154. The van der Waals surface area contributed by atoms with Crippen molar-refractivity contribution in [3.05, 3.63) is 42.6 Å². The molecule has 0 aliphatic heterocycles. The summed E-state index contributed by atoms with van der Waals surface area (Å²) in [5.41, 5.74) is 1.73. The van der Waals surface area contributed by atoms with Crippen LogP contribution in [0, 0.1) is 0 Å². The van der Waals surface area contributed by atoms with Gasteiger partial charge in [-0.05, 0) is 24.3 Å². The number of hydrogen-bond donors (Lipinski definition) is 0. The molecule has 0 spiro atoms. The van der Waals surface area contributed by atoms with Crippen molar-refractivity contribution >= 4 is 0 Å². The number of ether oxygens (including phenoxy) is 2. The molecule has 1 aromatic heterocycles. The van der Waals surface area contributed by atoms with Crippen molar-refractivity contribution in [3.63, 3.8) is 0 Å². The SMILES string of the molecule is COc1cccc(OC)c1-c1ccccn1. The number of rotatable bonds is 3. The van der Waals surface area contributed by atoms with E-state index in [0.717, 1.165) is 22.8 Å². The van der Waals surface area contributed by atoms with Gasteiger partial charge in [-0.1, -0.05) is 12.1 Å². The maximum Gasteiger partial charge on any atom is 0.132 e. The third-order valence-electron chi connectivity index (χ3n) is 2.35. The van der Waals surface area contributed by atoms with Crippen LogP contribution in [-0.4, -0.2) is 19.2 Å². The van der Waals surface area contributed by atoms with E-state index in [1.54, 1.807) is 20.4 Å². The van der Waals surface area contributed by atoms with Gasteiger partial charge in [0.1, 0.15) is 11.5 Å². The molecular weight excluding hydrogens is 202 g/mol. The normalized spacial score (nSPS) is 9.88. The number of benzene rings is 1. The molecule has 0 saturated carbocycles. The average Bonchev–Trinajstić information content (AvgIpc) is 2.38. The van der Waals surface area contributed by atoms with Gasteiger partial charge >= 0.3 is 0 Å². The van der Waals surface area contributed by atoms with Gasteiger partial charge in [0.15, 0.2) is 0 Å². The summed E-state index contributed by atoms with van der Waals surface area (Å²) in [6, 6.07) is 11.4. The van der Waals surface area contributed by atoms with Crippen LogP contribution in [0.3, 0.4) is 0 Å². The Morgan fingerprint density at radius 2 is 1.56 bits per heavy atom. The number of nitrogens with zero attached hydrogens (tertiary/aromatic N) is 1. The second-order valence-electron chi connectivity index (χ2n) is 3.25. The summed E-state index contributed by atoms with van der Waals surface area (Å²) in [7, 11) is 3.28. The number of aromatic nitrogens is 1. The van der Waals surface area contributed by atoms with Gasteiger partial charge in [0, 0.05) is 6.20 Å². The van der Waals surface area contributed by atoms with Crippen LogP contribution in [0.1, 0.15) is 0 Å². The van der Waals surface area contributed by atoms with Crippen LogP contribution in [0.25, 0.3) is 11.3 Å². The highest BCUT2D eigenvalue weighted by Gasteiger charge is 2.12. The predicted molar refractivity (Wildman–Crippen MR) is 62.8 cm³/mol. The molecule has 2 aromatic rings. The van der Waals surface area contributed by atoms with Crippen LogP contribution < -0.4 is 9.47 Å². The second-order valence-corrected chi connectivity index (χ2v) is 3.25. The largest absolute Gasteiger partial charge is 0.496 e. The van der Waals surface area contributed by atoms with Crippen molar-refractivity contribution in [2.75, 3.05) is 14.2 Å². The molecule has 1 aromatic carbocycles. The summed E-state index contributed by atoms with van der Waals surface area (Å²) in [6.45, 7) is 0. The van der Waals surface area contributed by atoms with E-state index >= 15 is 0 Å². The van der Waals surface area contributed by atoms with Crippen LogP contribution in [0.5, 0.6) is 11.5 Å². The summed E-state index contributed by atoms with van der Waals surface area (Å²) in [4.78, 5) is 4.31. The second kappa shape index (κ2) is 4.66. The van der Waals surface area contributed by atoms with Crippen molar-refractivity contribution in [2.24, 2.45) is 0 Å². The molecule has 0 aliphatic carbocycles. The van der Waals surface area contributed by atoms with E-state index < -0.39 is 0 Å². The molecule has 0 aliphatic rings. The van der Waals surface area contributed by atoms with Gasteiger partial charge in [0.05, 0.1) is 25.5 Å². The van der Waals surface area contributed by atoms with Crippen LogP contribution in [0.4, 0.5) is 0 Å². The Morgan fingerprint density at radius 1 is 0.875 bits per heavy atom. The molecule has 0 fully saturated rings. The maximum absolute atomic E-state index is 5.32.